The van der Waals surface area contributed by atoms with Crippen LogP contribution in [-0.2, 0) is 12.6 Å². The minimum absolute atomic E-state index is 0.133. The van der Waals surface area contributed by atoms with Crippen LogP contribution in [0.1, 0.15) is 24.2 Å². The third-order valence-electron chi connectivity index (χ3n) is 2.72. The van der Waals surface area contributed by atoms with Crippen molar-refractivity contribution in [3.63, 3.8) is 0 Å². The van der Waals surface area contributed by atoms with Crippen LogP contribution < -0.4 is 11.0 Å². The van der Waals surface area contributed by atoms with Crippen molar-refractivity contribution in [2.24, 2.45) is 0 Å². The first-order valence-corrected chi connectivity index (χ1v) is 5.36. The summed E-state index contributed by atoms with van der Waals surface area (Å²) in [4.78, 5) is 16.3. The van der Waals surface area contributed by atoms with Gasteiger partial charge in [-0.05, 0) is 25.5 Å². The predicted molar refractivity (Wildman–Crippen MR) is 54.6 cm³/mol. The number of H-pyrrole nitrogens is 1. The Morgan fingerprint density at radius 2 is 2.24 bits per heavy atom. The zero-order chi connectivity index (χ0) is 12.5. The molecule has 2 N–H and O–H groups in total. The highest BCUT2D eigenvalue weighted by molar-refractivity contribution is 5.12. The zero-order valence-corrected chi connectivity index (χ0v) is 8.97. The van der Waals surface area contributed by atoms with Crippen molar-refractivity contribution in [3.8, 4) is 0 Å². The van der Waals surface area contributed by atoms with E-state index < -0.39 is 17.6 Å². The van der Waals surface area contributed by atoms with Gasteiger partial charge in [0.1, 0.15) is 0 Å². The van der Waals surface area contributed by atoms with Gasteiger partial charge in [0, 0.05) is 18.2 Å². The third-order valence-corrected chi connectivity index (χ3v) is 2.72. The van der Waals surface area contributed by atoms with Gasteiger partial charge in [-0.25, -0.2) is 4.79 Å². The lowest BCUT2D eigenvalue weighted by atomic mass is 10.1. The molecule has 1 aromatic heterocycles. The lowest BCUT2D eigenvalue weighted by molar-refractivity contribution is -0.141. The summed E-state index contributed by atoms with van der Waals surface area (Å²) in [7, 11) is 0. The molecule has 1 saturated heterocycles. The summed E-state index contributed by atoms with van der Waals surface area (Å²) in [5.41, 5.74) is -1.81. The molecule has 2 rings (SSSR count). The van der Waals surface area contributed by atoms with Crippen LogP contribution in [0.3, 0.4) is 0 Å². The number of aromatic nitrogens is 2. The molecule has 0 radical (unpaired) electrons. The van der Waals surface area contributed by atoms with Crippen molar-refractivity contribution >= 4 is 0 Å². The molecule has 0 bridgehead atoms. The Balaban J connectivity index is 2.22. The van der Waals surface area contributed by atoms with Crippen LogP contribution in [0.15, 0.2) is 10.9 Å². The molecule has 0 spiro atoms. The standard InChI is InChI=1S/C10H12F3N3O/c11-10(12,13)8-5-7(15-9(17)16-8)4-6-2-1-3-14-6/h5-6,14H,1-4H2,(H,15,16,17). The Hall–Kier alpha value is -1.37. The second kappa shape index (κ2) is 4.48. The van der Waals surface area contributed by atoms with E-state index in [1.165, 1.54) is 0 Å². The number of nitrogens with zero attached hydrogens (tertiary/aromatic N) is 1. The number of aromatic amines is 1. The monoisotopic (exact) mass is 247 g/mol. The fourth-order valence-corrected chi connectivity index (χ4v) is 1.96. The molecule has 2 heterocycles. The van der Waals surface area contributed by atoms with Crippen LogP contribution in [0.25, 0.3) is 0 Å². The molecule has 0 amide bonds. The van der Waals surface area contributed by atoms with E-state index in [0.717, 1.165) is 25.5 Å². The minimum atomic E-state index is -4.58. The first-order chi connectivity index (χ1) is 7.95. The Morgan fingerprint density at radius 1 is 1.47 bits per heavy atom. The highest BCUT2D eigenvalue weighted by Gasteiger charge is 2.33. The number of hydrogen-bond donors (Lipinski definition) is 2. The van der Waals surface area contributed by atoms with Gasteiger partial charge in [0.2, 0.25) is 0 Å². The van der Waals surface area contributed by atoms with Crippen LogP contribution in [0.5, 0.6) is 0 Å². The molecule has 1 fully saturated rings. The average Bonchev–Trinajstić information content (AvgIpc) is 2.68. The molecular formula is C10H12F3N3O. The summed E-state index contributed by atoms with van der Waals surface area (Å²) in [6.45, 7) is 0.867. The molecule has 17 heavy (non-hydrogen) atoms. The van der Waals surface area contributed by atoms with Gasteiger partial charge in [0.15, 0.2) is 5.69 Å². The summed E-state index contributed by atoms with van der Waals surface area (Å²) in [5.74, 6) is 0. The number of rotatable bonds is 2. The first-order valence-electron chi connectivity index (χ1n) is 5.36. The lowest BCUT2D eigenvalue weighted by Gasteiger charge is -2.11. The average molecular weight is 247 g/mol. The second-order valence-corrected chi connectivity index (χ2v) is 4.09. The predicted octanol–water partition coefficient (Wildman–Crippen LogP) is 1.08. The van der Waals surface area contributed by atoms with E-state index in [4.69, 9.17) is 0 Å². The molecule has 1 aliphatic rings. The summed E-state index contributed by atoms with van der Waals surface area (Å²) in [6.07, 6.45) is -2.27. The van der Waals surface area contributed by atoms with Crippen LogP contribution in [0.2, 0.25) is 0 Å². The van der Waals surface area contributed by atoms with E-state index in [2.05, 4.69) is 15.3 Å². The van der Waals surface area contributed by atoms with E-state index in [1.54, 1.807) is 0 Å². The molecular weight excluding hydrogens is 235 g/mol. The Kier molecular flexibility index (Phi) is 3.19. The molecule has 0 aromatic carbocycles. The van der Waals surface area contributed by atoms with Crippen LogP contribution in [0.4, 0.5) is 13.2 Å². The van der Waals surface area contributed by atoms with Gasteiger partial charge < -0.3 is 10.3 Å². The maximum absolute atomic E-state index is 12.4. The van der Waals surface area contributed by atoms with Crippen LogP contribution in [0, 0.1) is 0 Å². The van der Waals surface area contributed by atoms with Gasteiger partial charge >= 0.3 is 11.9 Å². The lowest BCUT2D eigenvalue weighted by Crippen LogP contribution is -2.27. The molecule has 1 atom stereocenters. The normalized spacial score (nSPS) is 20.8. The van der Waals surface area contributed by atoms with Gasteiger partial charge in [-0.15, -0.1) is 0 Å². The Bertz CT molecular complexity index is 449. The first kappa shape index (κ1) is 12.1. The SMILES string of the molecule is O=c1nc(C(F)(F)F)cc(CC2CCCN2)[nH]1. The molecule has 0 aliphatic carbocycles. The molecule has 4 nitrogen and oxygen atoms in total. The van der Waals surface area contributed by atoms with Crippen molar-refractivity contribution < 1.29 is 13.2 Å². The Labute approximate surface area is 95.3 Å². The van der Waals surface area contributed by atoms with Gasteiger partial charge in [-0.2, -0.15) is 18.2 Å². The fourth-order valence-electron chi connectivity index (χ4n) is 1.96. The van der Waals surface area contributed by atoms with Gasteiger partial charge in [-0.1, -0.05) is 0 Å². The number of halogens is 3. The summed E-state index contributed by atoms with van der Waals surface area (Å²) in [5, 5.41) is 3.16. The molecule has 1 unspecified atom stereocenters. The van der Waals surface area contributed by atoms with Gasteiger partial charge in [0.05, 0.1) is 0 Å². The highest BCUT2D eigenvalue weighted by atomic mass is 19.4. The quantitative estimate of drug-likeness (QED) is 0.822. The molecule has 1 aromatic rings. The van der Waals surface area contributed by atoms with Crippen molar-refractivity contribution in [2.45, 2.75) is 31.5 Å². The fraction of sp³-hybridized carbons (Fsp3) is 0.600. The molecule has 7 heteroatoms. The maximum atomic E-state index is 12.4. The number of alkyl halides is 3. The maximum Gasteiger partial charge on any atom is 0.433 e. The largest absolute Gasteiger partial charge is 0.433 e. The van der Waals surface area contributed by atoms with Crippen LogP contribution >= 0.6 is 0 Å². The summed E-state index contributed by atoms with van der Waals surface area (Å²) >= 11 is 0. The van der Waals surface area contributed by atoms with Crippen molar-refractivity contribution in [1.29, 1.82) is 0 Å². The number of nitrogens with one attached hydrogen (secondary N) is 2. The Morgan fingerprint density at radius 3 is 2.82 bits per heavy atom. The van der Waals surface area contributed by atoms with Crippen molar-refractivity contribution in [3.05, 3.63) is 27.9 Å². The van der Waals surface area contributed by atoms with E-state index in [0.29, 0.717) is 6.42 Å². The smallest absolute Gasteiger partial charge is 0.314 e. The zero-order valence-electron chi connectivity index (χ0n) is 8.97. The molecule has 0 saturated carbocycles. The summed E-state index contributed by atoms with van der Waals surface area (Å²) in [6, 6.07) is 1.04. The highest BCUT2D eigenvalue weighted by Crippen LogP contribution is 2.27. The molecule has 1 aliphatic heterocycles. The van der Waals surface area contributed by atoms with E-state index in [-0.39, 0.29) is 11.7 Å². The minimum Gasteiger partial charge on any atom is -0.314 e. The van der Waals surface area contributed by atoms with Gasteiger partial charge in [-0.3, -0.25) is 0 Å². The van der Waals surface area contributed by atoms with Crippen molar-refractivity contribution in [2.75, 3.05) is 6.54 Å². The topological polar surface area (TPSA) is 57.8 Å². The van der Waals surface area contributed by atoms with E-state index >= 15 is 0 Å². The second-order valence-electron chi connectivity index (χ2n) is 4.09. The van der Waals surface area contributed by atoms with E-state index in [1.807, 2.05) is 0 Å². The molecule has 94 valence electrons. The van der Waals surface area contributed by atoms with Crippen molar-refractivity contribution in [1.82, 2.24) is 15.3 Å². The number of hydrogen-bond acceptors (Lipinski definition) is 3. The van der Waals surface area contributed by atoms with Crippen LogP contribution in [-0.4, -0.2) is 22.6 Å². The third kappa shape index (κ3) is 3.06. The van der Waals surface area contributed by atoms with E-state index in [9.17, 15) is 18.0 Å². The van der Waals surface area contributed by atoms with Gasteiger partial charge in [0.25, 0.3) is 0 Å². The summed E-state index contributed by atoms with van der Waals surface area (Å²) < 4.78 is 37.3.